The number of halogens is 4. The van der Waals surface area contributed by atoms with Crippen LogP contribution < -0.4 is 15.2 Å². The van der Waals surface area contributed by atoms with Crippen molar-refractivity contribution in [2.45, 2.75) is 0 Å². The summed E-state index contributed by atoms with van der Waals surface area (Å²) < 4.78 is 35.5. The van der Waals surface area contributed by atoms with Crippen LogP contribution in [0.2, 0.25) is 10.0 Å². The molecule has 0 heterocycles. The molecule has 2 N–H and O–H groups in total. The molecule has 0 aromatic heterocycles. The Morgan fingerprint density at radius 1 is 1.00 bits per heavy atom. The van der Waals surface area contributed by atoms with Gasteiger partial charge in [-0.3, -0.25) is 20.2 Å². The third kappa shape index (κ3) is 5.08. The summed E-state index contributed by atoms with van der Waals surface area (Å²) in [6, 6.07) is 1.63. The van der Waals surface area contributed by atoms with Crippen molar-refractivity contribution in [2.24, 2.45) is 4.99 Å². The van der Waals surface area contributed by atoms with E-state index in [0.717, 1.165) is 25.3 Å². The quantitative estimate of drug-likeness (QED) is 0.223. The topological polar surface area (TPSA) is 160 Å². The first-order chi connectivity index (χ1) is 14.0. The first kappa shape index (κ1) is 24.5. The van der Waals surface area contributed by atoms with Crippen LogP contribution in [0.15, 0.2) is 17.1 Å². The SMILES string of the molecule is COc1c(Cl)cc(F)c(N)c1[N+](=O)[O-].COc1c(Cl)cc(F)c(N=C=O)c1[N+](=O)[O-]. The van der Waals surface area contributed by atoms with Crippen molar-refractivity contribution in [3.8, 4) is 11.5 Å². The Bertz CT molecular complexity index is 1060. The van der Waals surface area contributed by atoms with Crippen LogP contribution in [0.1, 0.15) is 0 Å². The third-order valence-corrected chi connectivity index (χ3v) is 3.83. The van der Waals surface area contributed by atoms with Crippen molar-refractivity contribution >= 4 is 52.0 Å². The highest BCUT2D eigenvalue weighted by Crippen LogP contribution is 2.43. The minimum Gasteiger partial charge on any atom is -0.489 e. The zero-order valence-electron chi connectivity index (χ0n) is 14.9. The van der Waals surface area contributed by atoms with Gasteiger partial charge in [0.05, 0.1) is 34.1 Å². The van der Waals surface area contributed by atoms with Gasteiger partial charge in [-0.1, -0.05) is 23.2 Å². The van der Waals surface area contributed by atoms with Gasteiger partial charge in [0.2, 0.25) is 17.6 Å². The standard InChI is InChI=1S/C8H4ClFN2O4.C7H6ClFN2O3/c1-16-8-4(9)2-5(10)6(11-3-13)7(8)12(14)15;1-14-7-3(8)2-4(9)5(10)6(7)11(12)13/h2H,1H3;2H,10H2,1H3. The van der Waals surface area contributed by atoms with Crippen molar-refractivity contribution in [3.63, 3.8) is 0 Å². The first-order valence-electron chi connectivity index (χ1n) is 7.25. The highest BCUT2D eigenvalue weighted by atomic mass is 35.5. The summed E-state index contributed by atoms with van der Waals surface area (Å²) in [6.45, 7) is 0. The molecule has 160 valence electrons. The van der Waals surface area contributed by atoms with E-state index in [2.05, 4.69) is 14.5 Å². The highest BCUT2D eigenvalue weighted by Gasteiger charge is 2.28. The van der Waals surface area contributed by atoms with E-state index in [0.29, 0.717) is 0 Å². The number of ether oxygens (including phenoxy) is 2. The van der Waals surface area contributed by atoms with Crippen molar-refractivity contribution in [2.75, 3.05) is 20.0 Å². The molecule has 0 atom stereocenters. The van der Waals surface area contributed by atoms with Crippen molar-refractivity contribution in [1.82, 2.24) is 0 Å². The second-order valence-electron chi connectivity index (χ2n) is 4.92. The van der Waals surface area contributed by atoms with Crippen LogP contribution in [0.3, 0.4) is 0 Å². The predicted octanol–water partition coefficient (Wildman–Crippen LogP) is 4.34. The molecule has 2 aromatic carbocycles. The summed E-state index contributed by atoms with van der Waals surface area (Å²) in [5.74, 6) is -2.64. The minimum absolute atomic E-state index is 0.189. The molecule has 15 heteroatoms. The lowest BCUT2D eigenvalue weighted by Gasteiger charge is -2.06. The number of rotatable bonds is 5. The van der Waals surface area contributed by atoms with Gasteiger partial charge in [-0.2, -0.15) is 4.99 Å². The number of benzene rings is 2. The van der Waals surface area contributed by atoms with Gasteiger partial charge in [0, 0.05) is 0 Å². The molecule has 0 spiro atoms. The van der Waals surface area contributed by atoms with Crippen LogP contribution in [0.5, 0.6) is 11.5 Å². The maximum Gasteiger partial charge on any atom is 0.341 e. The number of nitrogen functional groups attached to an aromatic ring is 1. The van der Waals surface area contributed by atoms with Gasteiger partial charge in [-0.15, -0.1) is 0 Å². The molecule has 0 radical (unpaired) electrons. The Balaban J connectivity index is 0.000000303. The number of hydrogen-bond acceptors (Lipinski definition) is 9. The molecule has 30 heavy (non-hydrogen) atoms. The molecular weight excluding hydrogens is 457 g/mol. The van der Waals surface area contributed by atoms with E-state index in [9.17, 15) is 33.8 Å². The normalized spacial score (nSPS) is 9.67. The summed E-state index contributed by atoms with van der Waals surface area (Å²) in [5.41, 5.74) is 2.36. The van der Waals surface area contributed by atoms with E-state index >= 15 is 0 Å². The smallest absolute Gasteiger partial charge is 0.341 e. The van der Waals surface area contributed by atoms with E-state index < -0.39 is 44.2 Å². The lowest BCUT2D eigenvalue weighted by molar-refractivity contribution is -0.385. The molecule has 2 rings (SSSR count). The Morgan fingerprint density at radius 2 is 1.43 bits per heavy atom. The average molecular weight is 467 g/mol. The number of nitrogens with two attached hydrogens (primary N) is 1. The van der Waals surface area contributed by atoms with E-state index in [4.69, 9.17) is 28.9 Å². The van der Waals surface area contributed by atoms with Crippen LogP contribution in [0, 0.1) is 31.9 Å². The fourth-order valence-corrected chi connectivity index (χ4v) is 2.60. The summed E-state index contributed by atoms with van der Waals surface area (Å²) in [5, 5.41) is 20.7. The fraction of sp³-hybridized carbons (Fsp3) is 0.133. The van der Waals surface area contributed by atoms with Crippen LogP contribution in [-0.4, -0.2) is 30.1 Å². The van der Waals surface area contributed by atoms with Crippen molar-refractivity contribution < 1.29 is 32.9 Å². The fourth-order valence-electron chi connectivity index (χ4n) is 2.07. The van der Waals surface area contributed by atoms with E-state index in [1.807, 2.05) is 0 Å². The molecule has 0 bridgehead atoms. The summed E-state index contributed by atoms with van der Waals surface area (Å²) in [4.78, 5) is 32.4. The zero-order chi connectivity index (χ0) is 23.2. The Hall–Kier alpha value is -3.54. The predicted molar refractivity (Wildman–Crippen MR) is 101 cm³/mol. The van der Waals surface area contributed by atoms with E-state index in [1.165, 1.54) is 7.11 Å². The zero-order valence-corrected chi connectivity index (χ0v) is 16.5. The Morgan fingerprint density at radius 3 is 1.83 bits per heavy atom. The van der Waals surface area contributed by atoms with Crippen LogP contribution >= 0.6 is 23.2 Å². The number of carbonyl (C=O) groups excluding carboxylic acids is 1. The lowest BCUT2D eigenvalue weighted by Crippen LogP contribution is -2.02. The second-order valence-corrected chi connectivity index (χ2v) is 5.74. The minimum atomic E-state index is -1.10. The molecule has 0 saturated heterocycles. The van der Waals surface area contributed by atoms with Gasteiger partial charge < -0.3 is 15.2 Å². The third-order valence-electron chi connectivity index (χ3n) is 3.26. The molecule has 0 amide bonds. The van der Waals surface area contributed by atoms with Gasteiger partial charge in [0.15, 0.2) is 23.0 Å². The second kappa shape index (κ2) is 10.3. The summed E-state index contributed by atoms with van der Waals surface area (Å²) in [6.07, 6.45) is 1.02. The molecule has 0 fully saturated rings. The number of methoxy groups -OCH3 is 2. The Kier molecular flexibility index (Phi) is 8.41. The van der Waals surface area contributed by atoms with Crippen LogP contribution in [0.4, 0.5) is 31.5 Å². The van der Waals surface area contributed by atoms with Gasteiger partial charge in [-0.25, -0.2) is 13.6 Å². The number of aliphatic imine (C=N–C) groups is 1. The van der Waals surface area contributed by atoms with Crippen molar-refractivity contribution in [3.05, 3.63) is 54.0 Å². The lowest BCUT2D eigenvalue weighted by atomic mass is 10.2. The van der Waals surface area contributed by atoms with Gasteiger partial charge in [-0.05, 0) is 12.1 Å². The summed E-state index contributed by atoms with van der Waals surface area (Å²) >= 11 is 11.1. The monoisotopic (exact) mass is 466 g/mol. The molecular formula is C15H10Cl2F2N4O7. The van der Waals surface area contributed by atoms with Gasteiger partial charge >= 0.3 is 11.4 Å². The number of nitro groups is 2. The van der Waals surface area contributed by atoms with Crippen LogP contribution in [0.25, 0.3) is 0 Å². The molecule has 0 unspecified atom stereocenters. The number of hydrogen-bond donors (Lipinski definition) is 1. The van der Waals surface area contributed by atoms with E-state index in [1.54, 1.807) is 0 Å². The molecule has 0 aliphatic rings. The van der Waals surface area contributed by atoms with Gasteiger partial charge in [0.25, 0.3) is 0 Å². The van der Waals surface area contributed by atoms with E-state index in [-0.39, 0.29) is 21.5 Å². The average Bonchev–Trinajstić information content (AvgIpc) is 2.66. The van der Waals surface area contributed by atoms with Crippen LogP contribution in [-0.2, 0) is 4.79 Å². The molecule has 0 aliphatic heterocycles. The van der Waals surface area contributed by atoms with Crippen molar-refractivity contribution in [1.29, 1.82) is 0 Å². The Labute approximate surface area is 175 Å². The molecule has 2 aromatic rings. The molecule has 0 saturated carbocycles. The number of isocyanates is 1. The largest absolute Gasteiger partial charge is 0.489 e. The summed E-state index contributed by atoms with van der Waals surface area (Å²) in [7, 11) is 2.31. The molecule has 11 nitrogen and oxygen atoms in total. The number of nitrogens with zero attached hydrogens (tertiary/aromatic N) is 3. The molecule has 0 aliphatic carbocycles. The highest BCUT2D eigenvalue weighted by molar-refractivity contribution is 6.33. The number of nitro benzene ring substituents is 2. The van der Waals surface area contributed by atoms with Gasteiger partial charge in [0.1, 0.15) is 0 Å². The maximum absolute atomic E-state index is 13.3. The first-order valence-corrected chi connectivity index (χ1v) is 8.01. The number of anilines is 1. The maximum atomic E-state index is 13.3.